The maximum Gasteiger partial charge on any atom is 0.124 e. The monoisotopic (exact) mass is 235 g/mol. The Kier molecular flexibility index (Phi) is 3.88. The number of methoxy groups -OCH3 is 1. The Morgan fingerprint density at radius 3 is 2.12 bits per heavy atom. The van der Waals surface area contributed by atoms with Crippen LogP contribution in [0.4, 0.5) is 0 Å². The molecule has 0 bridgehead atoms. The highest BCUT2D eigenvalue weighted by atomic mass is 16.5. The van der Waals surface area contributed by atoms with E-state index >= 15 is 0 Å². The summed E-state index contributed by atoms with van der Waals surface area (Å²) in [7, 11) is 1.72. The molecule has 0 aliphatic carbocycles. The van der Waals surface area contributed by atoms with Gasteiger partial charge in [0.25, 0.3) is 0 Å². The molecule has 0 saturated heterocycles. The van der Waals surface area contributed by atoms with Crippen molar-refractivity contribution in [2.24, 2.45) is 11.7 Å². The third-order valence-corrected chi connectivity index (χ3v) is 4.01. The Morgan fingerprint density at radius 1 is 1.18 bits per heavy atom. The summed E-state index contributed by atoms with van der Waals surface area (Å²) in [4.78, 5) is 0. The zero-order chi connectivity index (χ0) is 13.4. The van der Waals surface area contributed by atoms with Gasteiger partial charge in [-0.15, -0.1) is 0 Å². The maximum absolute atomic E-state index is 6.47. The van der Waals surface area contributed by atoms with E-state index in [-0.39, 0.29) is 5.54 Å². The molecule has 17 heavy (non-hydrogen) atoms. The highest BCUT2D eigenvalue weighted by molar-refractivity contribution is 5.51. The Bertz CT molecular complexity index is 419. The predicted molar refractivity (Wildman–Crippen MR) is 73.6 cm³/mol. The molecule has 0 amide bonds. The lowest BCUT2D eigenvalue weighted by atomic mass is 9.78. The second-order valence-electron chi connectivity index (χ2n) is 5.46. The molecule has 1 rings (SSSR count). The molecule has 1 unspecified atom stereocenters. The highest BCUT2D eigenvalue weighted by Gasteiger charge is 2.28. The van der Waals surface area contributed by atoms with Gasteiger partial charge in [-0.2, -0.15) is 0 Å². The summed E-state index contributed by atoms with van der Waals surface area (Å²) in [6, 6.07) is 2.17. The SMILES string of the molecule is COc1c(C)cc(C(C)(N)C(C)C)c(C)c1C. The Labute approximate surface area is 105 Å². The quantitative estimate of drug-likeness (QED) is 0.871. The zero-order valence-electron chi connectivity index (χ0n) is 12.1. The van der Waals surface area contributed by atoms with E-state index in [1.165, 1.54) is 16.7 Å². The first-order valence-corrected chi connectivity index (χ1v) is 6.17. The number of nitrogens with two attached hydrogens (primary N) is 1. The van der Waals surface area contributed by atoms with Gasteiger partial charge in [-0.1, -0.05) is 19.9 Å². The van der Waals surface area contributed by atoms with Crippen molar-refractivity contribution in [3.63, 3.8) is 0 Å². The first kappa shape index (κ1) is 14.0. The van der Waals surface area contributed by atoms with E-state index < -0.39 is 0 Å². The van der Waals surface area contributed by atoms with Crippen LogP contribution in [0.2, 0.25) is 0 Å². The van der Waals surface area contributed by atoms with E-state index in [2.05, 4.69) is 47.6 Å². The van der Waals surface area contributed by atoms with Crippen molar-refractivity contribution in [1.29, 1.82) is 0 Å². The van der Waals surface area contributed by atoms with Crippen molar-refractivity contribution < 1.29 is 4.74 Å². The molecule has 2 nitrogen and oxygen atoms in total. The first-order chi connectivity index (χ1) is 7.73. The smallest absolute Gasteiger partial charge is 0.124 e. The average Bonchev–Trinajstić information content (AvgIpc) is 2.23. The summed E-state index contributed by atoms with van der Waals surface area (Å²) in [5, 5.41) is 0. The van der Waals surface area contributed by atoms with Crippen LogP contribution in [0.3, 0.4) is 0 Å². The fourth-order valence-corrected chi connectivity index (χ4v) is 2.24. The van der Waals surface area contributed by atoms with Crippen LogP contribution < -0.4 is 10.5 Å². The molecule has 0 spiro atoms. The Morgan fingerprint density at radius 2 is 1.71 bits per heavy atom. The summed E-state index contributed by atoms with van der Waals surface area (Å²) < 4.78 is 5.44. The number of rotatable bonds is 3. The molecule has 0 saturated carbocycles. The standard InChI is InChI=1S/C15H25NO/c1-9(2)15(6,16)13-8-10(3)14(17-7)12(5)11(13)4/h8-9H,16H2,1-7H3. The van der Waals surface area contributed by atoms with Crippen LogP contribution in [-0.4, -0.2) is 7.11 Å². The number of hydrogen-bond acceptors (Lipinski definition) is 2. The van der Waals surface area contributed by atoms with Gasteiger partial charge in [0.1, 0.15) is 5.75 Å². The van der Waals surface area contributed by atoms with E-state index in [1.54, 1.807) is 7.11 Å². The van der Waals surface area contributed by atoms with Crippen molar-refractivity contribution in [2.75, 3.05) is 7.11 Å². The third-order valence-electron chi connectivity index (χ3n) is 4.01. The molecular weight excluding hydrogens is 210 g/mol. The second-order valence-corrected chi connectivity index (χ2v) is 5.46. The molecule has 0 radical (unpaired) electrons. The van der Waals surface area contributed by atoms with Crippen LogP contribution in [0.1, 0.15) is 43.0 Å². The molecular formula is C15H25NO. The summed E-state index contributed by atoms with van der Waals surface area (Å²) in [5.74, 6) is 1.37. The van der Waals surface area contributed by atoms with Gasteiger partial charge in [-0.25, -0.2) is 0 Å². The normalized spacial score (nSPS) is 14.9. The number of hydrogen-bond donors (Lipinski definition) is 1. The van der Waals surface area contributed by atoms with Crippen molar-refractivity contribution in [3.05, 3.63) is 28.3 Å². The fourth-order valence-electron chi connectivity index (χ4n) is 2.24. The number of aryl methyl sites for hydroxylation is 1. The van der Waals surface area contributed by atoms with Gasteiger partial charge in [0, 0.05) is 5.54 Å². The van der Waals surface area contributed by atoms with Gasteiger partial charge in [-0.05, 0) is 55.9 Å². The highest BCUT2D eigenvalue weighted by Crippen LogP contribution is 2.35. The van der Waals surface area contributed by atoms with Gasteiger partial charge >= 0.3 is 0 Å². The Balaban J connectivity index is 3.48. The molecule has 0 aromatic heterocycles. The minimum atomic E-state index is -0.300. The van der Waals surface area contributed by atoms with Crippen LogP contribution in [0.5, 0.6) is 5.75 Å². The fraction of sp³-hybridized carbons (Fsp3) is 0.600. The Hall–Kier alpha value is -1.02. The molecule has 0 aliphatic heterocycles. The molecule has 2 N–H and O–H groups in total. The van der Waals surface area contributed by atoms with Crippen molar-refractivity contribution in [3.8, 4) is 5.75 Å². The van der Waals surface area contributed by atoms with E-state index in [1.807, 2.05) is 0 Å². The van der Waals surface area contributed by atoms with E-state index in [0.717, 1.165) is 11.3 Å². The summed E-state index contributed by atoms with van der Waals surface area (Å²) in [6.45, 7) is 12.7. The van der Waals surface area contributed by atoms with Gasteiger partial charge in [-0.3, -0.25) is 0 Å². The molecule has 0 fully saturated rings. The van der Waals surface area contributed by atoms with Crippen LogP contribution in [0, 0.1) is 26.7 Å². The molecule has 1 aromatic carbocycles. The molecule has 1 aromatic rings. The van der Waals surface area contributed by atoms with Crippen molar-refractivity contribution in [1.82, 2.24) is 0 Å². The average molecular weight is 235 g/mol. The van der Waals surface area contributed by atoms with E-state index in [4.69, 9.17) is 10.5 Å². The van der Waals surface area contributed by atoms with Gasteiger partial charge in [0.2, 0.25) is 0 Å². The van der Waals surface area contributed by atoms with Crippen molar-refractivity contribution in [2.45, 2.75) is 47.1 Å². The summed E-state index contributed by atoms with van der Waals surface area (Å²) in [5.41, 5.74) is 11.0. The molecule has 0 heterocycles. The van der Waals surface area contributed by atoms with Gasteiger partial charge in [0.05, 0.1) is 7.11 Å². The number of ether oxygens (including phenoxy) is 1. The molecule has 2 heteroatoms. The van der Waals surface area contributed by atoms with Crippen LogP contribution in [0.15, 0.2) is 6.07 Å². The predicted octanol–water partition coefficient (Wildman–Crippen LogP) is 3.45. The second kappa shape index (κ2) is 4.69. The van der Waals surface area contributed by atoms with Crippen LogP contribution in [0.25, 0.3) is 0 Å². The maximum atomic E-state index is 6.47. The first-order valence-electron chi connectivity index (χ1n) is 6.17. The lowest BCUT2D eigenvalue weighted by Crippen LogP contribution is -2.39. The topological polar surface area (TPSA) is 35.2 Å². The van der Waals surface area contributed by atoms with Gasteiger partial charge in [0.15, 0.2) is 0 Å². The van der Waals surface area contributed by atoms with Crippen molar-refractivity contribution >= 4 is 0 Å². The summed E-state index contributed by atoms with van der Waals surface area (Å²) >= 11 is 0. The van der Waals surface area contributed by atoms with E-state index in [0.29, 0.717) is 5.92 Å². The minimum absolute atomic E-state index is 0.300. The van der Waals surface area contributed by atoms with Crippen LogP contribution in [-0.2, 0) is 5.54 Å². The molecule has 1 atom stereocenters. The summed E-state index contributed by atoms with van der Waals surface area (Å²) in [6.07, 6.45) is 0. The minimum Gasteiger partial charge on any atom is -0.496 e. The lowest BCUT2D eigenvalue weighted by molar-refractivity contribution is 0.347. The van der Waals surface area contributed by atoms with Crippen LogP contribution >= 0.6 is 0 Å². The zero-order valence-corrected chi connectivity index (χ0v) is 12.1. The molecule has 96 valence electrons. The number of benzene rings is 1. The largest absolute Gasteiger partial charge is 0.496 e. The third kappa shape index (κ3) is 2.32. The lowest BCUT2D eigenvalue weighted by Gasteiger charge is -2.33. The van der Waals surface area contributed by atoms with Gasteiger partial charge < -0.3 is 10.5 Å². The van der Waals surface area contributed by atoms with E-state index in [9.17, 15) is 0 Å². The molecule has 0 aliphatic rings.